The highest BCUT2D eigenvalue weighted by Gasteiger charge is 2.42. The average molecular weight is 306 g/mol. The predicted octanol–water partition coefficient (Wildman–Crippen LogP) is 4.14. The smallest absolute Gasteiger partial charge is 0.0399 e. The van der Waals surface area contributed by atoms with Crippen LogP contribution in [0.2, 0.25) is 0 Å². The van der Waals surface area contributed by atoms with Crippen molar-refractivity contribution in [1.82, 2.24) is 0 Å². The lowest BCUT2D eigenvalue weighted by atomic mass is 9.70. The SMILES string of the molecule is CCN1CC2(Cc3ccccc31)Cc1ccccc1N(CC)C2. The van der Waals surface area contributed by atoms with Crippen LogP contribution in [0.5, 0.6) is 0 Å². The van der Waals surface area contributed by atoms with Crippen molar-refractivity contribution < 1.29 is 0 Å². The summed E-state index contributed by atoms with van der Waals surface area (Å²) in [4.78, 5) is 5.17. The molecule has 4 rings (SSSR count). The molecule has 2 heterocycles. The first-order valence-corrected chi connectivity index (χ1v) is 8.90. The van der Waals surface area contributed by atoms with Crippen molar-refractivity contribution >= 4 is 11.4 Å². The molecule has 0 N–H and O–H groups in total. The fraction of sp³-hybridized carbons (Fsp3) is 0.429. The van der Waals surface area contributed by atoms with Gasteiger partial charge in [0.15, 0.2) is 0 Å². The van der Waals surface area contributed by atoms with Crippen molar-refractivity contribution in [1.29, 1.82) is 0 Å². The zero-order valence-electron chi connectivity index (χ0n) is 14.3. The predicted molar refractivity (Wildman–Crippen MR) is 98.5 cm³/mol. The normalized spacial score (nSPS) is 18.7. The molecule has 0 aliphatic carbocycles. The van der Waals surface area contributed by atoms with E-state index in [1.807, 2.05) is 0 Å². The van der Waals surface area contributed by atoms with E-state index >= 15 is 0 Å². The fourth-order valence-corrected chi connectivity index (χ4v) is 4.63. The Balaban J connectivity index is 1.75. The molecule has 0 fully saturated rings. The summed E-state index contributed by atoms with van der Waals surface area (Å²) in [6.07, 6.45) is 2.40. The Morgan fingerprint density at radius 2 is 1.17 bits per heavy atom. The summed E-state index contributed by atoms with van der Waals surface area (Å²) in [5.74, 6) is 0. The van der Waals surface area contributed by atoms with Gasteiger partial charge in [0, 0.05) is 43.0 Å². The van der Waals surface area contributed by atoms with Gasteiger partial charge in [0.05, 0.1) is 0 Å². The molecule has 0 atom stereocenters. The first-order chi connectivity index (χ1) is 11.2. The summed E-state index contributed by atoms with van der Waals surface area (Å²) in [7, 11) is 0. The monoisotopic (exact) mass is 306 g/mol. The second-order valence-corrected chi connectivity index (χ2v) is 7.14. The number of hydrogen-bond acceptors (Lipinski definition) is 2. The Morgan fingerprint density at radius 1 is 0.739 bits per heavy atom. The third-order valence-electron chi connectivity index (χ3n) is 5.61. The van der Waals surface area contributed by atoms with Crippen LogP contribution in [-0.2, 0) is 12.8 Å². The average Bonchev–Trinajstić information content (AvgIpc) is 2.60. The van der Waals surface area contributed by atoms with Crippen LogP contribution in [0.15, 0.2) is 48.5 Å². The Labute approximate surface area is 139 Å². The zero-order valence-corrected chi connectivity index (χ0v) is 14.3. The van der Waals surface area contributed by atoms with Crippen LogP contribution < -0.4 is 9.80 Å². The van der Waals surface area contributed by atoms with Crippen LogP contribution in [0.25, 0.3) is 0 Å². The number of nitrogens with zero attached hydrogens (tertiary/aromatic N) is 2. The lowest BCUT2D eigenvalue weighted by molar-refractivity contribution is 0.267. The van der Waals surface area contributed by atoms with E-state index in [1.54, 1.807) is 0 Å². The van der Waals surface area contributed by atoms with Gasteiger partial charge in [-0.1, -0.05) is 36.4 Å². The summed E-state index contributed by atoms with van der Waals surface area (Å²) < 4.78 is 0. The number of anilines is 2. The minimum absolute atomic E-state index is 0.342. The van der Waals surface area contributed by atoms with E-state index in [2.05, 4.69) is 72.2 Å². The van der Waals surface area contributed by atoms with Crippen molar-refractivity contribution in [3.63, 3.8) is 0 Å². The van der Waals surface area contributed by atoms with E-state index in [0.717, 1.165) is 13.1 Å². The molecule has 2 aliphatic rings. The number of rotatable bonds is 2. The molecule has 2 aliphatic heterocycles. The highest BCUT2D eigenvalue weighted by Crippen LogP contribution is 2.44. The minimum Gasteiger partial charge on any atom is -0.371 e. The Kier molecular flexibility index (Phi) is 3.56. The molecule has 23 heavy (non-hydrogen) atoms. The van der Waals surface area contributed by atoms with E-state index in [0.29, 0.717) is 5.41 Å². The first-order valence-electron chi connectivity index (χ1n) is 8.90. The highest BCUT2D eigenvalue weighted by molar-refractivity contribution is 5.60. The molecule has 0 amide bonds. The lowest BCUT2D eigenvalue weighted by Gasteiger charge is -2.50. The Morgan fingerprint density at radius 3 is 1.61 bits per heavy atom. The summed E-state index contributed by atoms with van der Waals surface area (Å²) in [6, 6.07) is 18.0. The highest BCUT2D eigenvalue weighted by atomic mass is 15.2. The van der Waals surface area contributed by atoms with E-state index in [4.69, 9.17) is 0 Å². The van der Waals surface area contributed by atoms with E-state index in [-0.39, 0.29) is 0 Å². The molecule has 0 bridgehead atoms. The van der Waals surface area contributed by atoms with Crippen LogP contribution in [0.3, 0.4) is 0 Å². The van der Waals surface area contributed by atoms with Crippen LogP contribution >= 0.6 is 0 Å². The number of benzene rings is 2. The van der Waals surface area contributed by atoms with Crippen LogP contribution in [0.1, 0.15) is 25.0 Å². The summed E-state index contributed by atoms with van der Waals surface area (Å²) in [5.41, 5.74) is 6.28. The van der Waals surface area contributed by atoms with Gasteiger partial charge in [0.25, 0.3) is 0 Å². The third kappa shape index (κ3) is 2.41. The molecule has 1 spiro atoms. The van der Waals surface area contributed by atoms with Gasteiger partial charge < -0.3 is 9.80 Å². The van der Waals surface area contributed by atoms with Crippen LogP contribution in [0, 0.1) is 5.41 Å². The molecule has 0 aromatic heterocycles. The van der Waals surface area contributed by atoms with E-state index in [9.17, 15) is 0 Å². The van der Waals surface area contributed by atoms with Crippen LogP contribution in [0.4, 0.5) is 11.4 Å². The second-order valence-electron chi connectivity index (χ2n) is 7.14. The quantitative estimate of drug-likeness (QED) is 0.823. The van der Waals surface area contributed by atoms with Gasteiger partial charge >= 0.3 is 0 Å². The van der Waals surface area contributed by atoms with Gasteiger partial charge in [0.1, 0.15) is 0 Å². The fourth-order valence-electron chi connectivity index (χ4n) is 4.63. The first kappa shape index (κ1) is 14.6. The van der Waals surface area contributed by atoms with Crippen LogP contribution in [-0.4, -0.2) is 26.2 Å². The topological polar surface area (TPSA) is 6.48 Å². The van der Waals surface area contributed by atoms with Gasteiger partial charge in [0.2, 0.25) is 0 Å². The summed E-state index contributed by atoms with van der Waals surface area (Å²) in [6.45, 7) is 9.09. The van der Waals surface area contributed by atoms with E-state index < -0.39 is 0 Å². The number of hydrogen-bond donors (Lipinski definition) is 0. The molecule has 120 valence electrons. The molecule has 0 radical (unpaired) electrons. The standard InChI is InChI=1S/C21H26N2/c1-3-22-15-21(13-17-9-5-7-11-19(17)22)14-18-10-6-8-12-20(18)23(4-2)16-21/h5-12H,3-4,13-16H2,1-2H3. The van der Waals surface area contributed by atoms with Crippen molar-refractivity contribution in [2.75, 3.05) is 36.0 Å². The molecule has 0 saturated carbocycles. The number of para-hydroxylation sites is 2. The van der Waals surface area contributed by atoms with Gasteiger partial charge in [-0.3, -0.25) is 0 Å². The second kappa shape index (κ2) is 5.59. The molecule has 2 nitrogen and oxygen atoms in total. The maximum Gasteiger partial charge on any atom is 0.0399 e. The molecule has 2 aromatic rings. The minimum atomic E-state index is 0.342. The van der Waals surface area contributed by atoms with Gasteiger partial charge in [-0.25, -0.2) is 0 Å². The zero-order chi connectivity index (χ0) is 15.9. The largest absolute Gasteiger partial charge is 0.371 e. The van der Waals surface area contributed by atoms with Gasteiger partial charge in [-0.05, 0) is 49.9 Å². The van der Waals surface area contributed by atoms with Gasteiger partial charge in [-0.15, -0.1) is 0 Å². The van der Waals surface area contributed by atoms with Crippen molar-refractivity contribution in [3.05, 3.63) is 59.7 Å². The molecular weight excluding hydrogens is 280 g/mol. The number of fused-ring (bicyclic) bond motifs is 2. The molecule has 0 unspecified atom stereocenters. The molecule has 2 heteroatoms. The van der Waals surface area contributed by atoms with E-state index in [1.165, 1.54) is 48.4 Å². The van der Waals surface area contributed by atoms with Crippen molar-refractivity contribution in [2.45, 2.75) is 26.7 Å². The summed E-state index contributed by atoms with van der Waals surface area (Å²) >= 11 is 0. The van der Waals surface area contributed by atoms with Crippen molar-refractivity contribution in [2.24, 2.45) is 5.41 Å². The van der Waals surface area contributed by atoms with Crippen molar-refractivity contribution in [3.8, 4) is 0 Å². The molecule has 2 aromatic carbocycles. The van der Waals surface area contributed by atoms with Gasteiger partial charge in [-0.2, -0.15) is 0 Å². The lowest BCUT2D eigenvalue weighted by Crippen LogP contribution is -2.53. The Bertz CT molecular complexity index is 645. The summed E-state index contributed by atoms with van der Waals surface area (Å²) in [5, 5.41) is 0. The maximum absolute atomic E-state index is 2.58. The molecule has 0 saturated heterocycles. The maximum atomic E-state index is 2.58. The third-order valence-corrected chi connectivity index (χ3v) is 5.61. The Hall–Kier alpha value is -1.96. The molecular formula is C21H26N2.